The molecule has 1 aliphatic rings. The van der Waals surface area contributed by atoms with Gasteiger partial charge in [0.05, 0.1) is 10.9 Å². The number of amides is 1. The molecule has 23 heavy (non-hydrogen) atoms. The zero-order chi connectivity index (χ0) is 16.4. The molecule has 122 valence electrons. The van der Waals surface area contributed by atoms with Gasteiger partial charge in [-0.05, 0) is 50.7 Å². The molecule has 5 heteroatoms. The summed E-state index contributed by atoms with van der Waals surface area (Å²) in [5.41, 5.74) is 0.522. The van der Waals surface area contributed by atoms with Crippen LogP contribution in [0.5, 0.6) is 0 Å². The Hall–Kier alpha value is -2.17. The van der Waals surface area contributed by atoms with Crippen LogP contribution in [0.1, 0.15) is 38.4 Å². The second kappa shape index (κ2) is 6.52. The zero-order valence-electron chi connectivity index (χ0n) is 13.7. The molecule has 0 atom stereocenters. The lowest BCUT2D eigenvalue weighted by molar-refractivity contribution is -0.122. The summed E-state index contributed by atoms with van der Waals surface area (Å²) in [6.45, 7) is 4.06. The van der Waals surface area contributed by atoms with E-state index in [0.717, 1.165) is 31.6 Å². The Bertz CT molecular complexity index is 773. The third-order valence-electron chi connectivity index (χ3n) is 4.74. The molecule has 3 rings (SSSR count). The molecule has 0 spiro atoms. The number of fused-ring (bicyclic) bond motifs is 1. The largest absolute Gasteiger partial charge is 0.352 e. The van der Waals surface area contributed by atoms with E-state index < -0.39 is 0 Å². The zero-order valence-corrected chi connectivity index (χ0v) is 13.7. The van der Waals surface area contributed by atoms with Crippen molar-refractivity contribution in [3.05, 3.63) is 40.4 Å². The molecule has 1 amide bonds. The fraction of sp³-hybridized carbons (Fsp3) is 0.500. The van der Waals surface area contributed by atoms with Gasteiger partial charge in [-0.3, -0.25) is 14.2 Å². The Morgan fingerprint density at radius 2 is 1.96 bits per heavy atom. The average Bonchev–Trinajstić information content (AvgIpc) is 2.54. The molecule has 1 aliphatic carbocycles. The lowest BCUT2D eigenvalue weighted by Gasteiger charge is -2.27. The maximum absolute atomic E-state index is 12.6. The fourth-order valence-electron chi connectivity index (χ4n) is 3.29. The molecule has 1 heterocycles. The van der Waals surface area contributed by atoms with E-state index in [2.05, 4.69) is 17.2 Å². The number of carbonyl (C=O) groups excluding carboxylic acids is 1. The molecule has 0 aliphatic heterocycles. The number of aryl methyl sites for hydroxylation is 1. The highest BCUT2D eigenvalue weighted by Gasteiger charge is 2.20. The van der Waals surface area contributed by atoms with Crippen molar-refractivity contribution in [1.29, 1.82) is 0 Å². The summed E-state index contributed by atoms with van der Waals surface area (Å²) >= 11 is 0. The summed E-state index contributed by atoms with van der Waals surface area (Å²) in [6, 6.07) is 7.48. The van der Waals surface area contributed by atoms with E-state index >= 15 is 0 Å². The summed E-state index contributed by atoms with van der Waals surface area (Å²) in [4.78, 5) is 29.3. The Balaban J connectivity index is 1.76. The van der Waals surface area contributed by atoms with Gasteiger partial charge in [0.25, 0.3) is 5.56 Å². The van der Waals surface area contributed by atoms with E-state index in [-0.39, 0.29) is 24.1 Å². The summed E-state index contributed by atoms with van der Waals surface area (Å²) < 4.78 is 1.46. The van der Waals surface area contributed by atoms with E-state index in [9.17, 15) is 9.59 Å². The summed E-state index contributed by atoms with van der Waals surface area (Å²) in [5.74, 6) is 1.21. The van der Waals surface area contributed by atoms with Crippen molar-refractivity contribution in [3.8, 4) is 0 Å². The first-order valence-electron chi connectivity index (χ1n) is 8.30. The van der Waals surface area contributed by atoms with E-state index in [1.165, 1.54) is 4.57 Å². The lowest BCUT2D eigenvalue weighted by Crippen LogP contribution is -2.41. The first-order valence-corrected chi connectivity index (χ1v) is 8.30. The van der Waals surface area contributed by atoms with Crippen LogP contribution in [0.25, 0.3) is 10.9 Å². The van der Waals surface area contributed by atoms with Crippen molar-refractivity contribution in [2.75, 3.05) is 0 Å². The van der Waals surface area contributed by atoms with Crippen LogP contribution in [0.4, 0.5) is 0 Å². The van der Waals surface area contributed by atoms with Crippen LogP contribution in [0.2, 0.25) is 0 Å². The van der Waals surface area contributed by atoms with Crippen molar-refractivity contribution >= 4 is 16.8 Å². The van der Waals surface area contributed by atoms with Gasteiger partial charge in [-0.2, -0.15) is 0 Å². The third-order valence-corrected chi connectivity index (χ3v) is 4.74. The Morgan fingerprint density at radius 3 is 2.70 bits per heavy atom. The average molecular weight is 313 g/mol. The number of hydrogen-bond donors (Lipinski definition) is 1. The predicted molar refractivity (Wildman–Crippen MR) is 90.3 cm³/mol. The second-order valence-electron chi connectivity index (χ2n) is 6.59. The van der Waals surface area contributed by atoms with Crippen molar-refractivity contribution in [2.45, 2.75) is 52.1 Å². The van der Waals surface area contributed by atoms with E-state index in [1.807, 2.05) is 18.2 Å². The highest BCUT2D eigenvalue weighted by molar-refractivity contribution is 5.79. The highest BCUT2D eigenvalue weighted by Crippen LogP contribution is 2.23. The predicted octanol–water partition coefficient (Wildman–Crippen LogP) is 2.40. The van der Waals surface area contributed by atoms with Gasteiger partial charge in [0.2, 0.25) is 5.91 Å². The van der Waals surface area contributed by atoms with Gasteiger partial charge in [0.15, 0.2) is 0 Å². The van der Waals surface area contributed by atoms with E-state index in [1.54, 1.807) is 13.0 Å². The quantitative estimate of drug-likeness (QED) is 0.946. The van der Waals surface area contributed by atoms with Crippen LogP contribution in [-0.4, -0.2) is 21.5 Å². The smallest absolute Gasteiger partial charge is 0.261 e. The van der Waals surface area contributed by atoms with E-state index in [0.29, 0.717) is 16.7 Å². The number of nitrogens with one attached hydrogen (secondary N) is 1. The molecule has 1 fully saturated rings. The maximum atomic E-state index is 12.6. The first kappa shape index (κ1) is 15.7. The highest BCUT2D eigenvalue weighted by atomic mass is 16.2. The summed E-state index contributed by atoms with van der Waals surface area (Å²) in [5, 5.41) is 3.62. The molecule has 0 bridgehead atoms. The molecule has 5 nitrogen and oxygen atoms in total. The van der Waals surface area contributed by atoms with Gasteiger partial charge in [0, 0.05) is 6.04 Å². The van der Waals surface area contributed by atoms with Crippen LogP contribution in [0, 0.1) is 12.8 Å². The number of para-hydroxylation sites is 1. The molecule has 1 aromatic carbocycles. The lowest BCUT2D eigenvalue weighted by atomic mass is 9.87. The van der Waals surface area contributed by atoms with Gasteiger partial charge in [-0.15, -0.1) is 0 Å². The standard InChI is InChI=1S/C18H23N3O2/c1-12-7-9-14(10-8-12)20-17(22)11-21-13(2)19-16-6-4-3-5-15(16)18(21)23/h3-6,12,14H,7-11H2,1-2H3,(H,20,22). The van der Waals surface area contributed by atoms with Crippen molar-refractivity contribution < 1.29 is 4.79 Å². The second-order valence-corrected chi connectivity index (χ2v) is 6.59. The number of carbonyl (C=O) groups is 1. The van der Waals surface area contributed by atoms with Crippen LogP contribution in [0.3, 0.4) is 0 Å². The molecule has 1 N–H and O–H groups in total. The minimum Gasteiger partial charge on any atom is -0.352 e. The van der Waals surface area contributed by atoms with Gasteiger partial charge >= 0.3 is 0 Å². The molecule has 0 unspecified atom stereocenters. The molecular weight excluding hydrogens is 290 g/mol. The molecule has 1 saturated carbocycles. The van der Waals surface area contributed by atoms with Crippen LogP contribution in [-0.2, 0) is 11.3 Å². The molecule has 1 aromatic heterocycles. The Morgan fingerprint density at radius 1 is 1.26 bits per heavy atom. The van der Waals surface area contributed by atoms with Crippen LogP contribution < -0.4 is 10.9 Å². The maximum Gasteiger partial charge on any atom is 0.261 e. The summed E-state index contributed by atoms with van der Waals surface area (Å²) in [6.07, 6.45) is 4.36. The van der Waals surface area contributed by atoms with Gasteiger partial charge in [-0.25, -0.2) is 4.98 Å². The first-order chi connectivity index (χ1) is 11.0. The van der Waals surface area contributed by atoms with Crippen molar-refractivity contribution in [2.24, 2.45) is 5.92 Å². The SMILES string of the molecule is Cc1nc2ccccc2c(=O)n1CC(=O)NC1CCC(C)CC1. The molecule has 0 saturated heterocycles. The molecule has 0 radical (unpaired) electrons. The van der Waals surface area contributed by atoms with Crippen LogP contribution in [0.15, 0.2) is 29.1 Å². The number of nitrogens with zero attached hydrogens (tertiary/aromatic N) is 2. The Labute approximate surface area is 135 Å². The van der Waals surface area contributed by atoms with E-state index in [4.69, 9.17) is 0 Å². The topological polar surface area (TPSA) is 64.0 Å². The number of hydrogen-bond acceptors (Lipinski definition) is 3. The third kappa shape index (κ3) is 3.44. The van der Waals surface area contributed by atoms with Crippen LogP contribution >= 0.6 is 0 Å². The molecular formula is C18H23N3O2. The number of benzene rings is 1. The monoisotopic (exact) mass is 313 g/mol. The summed E-state index contributed by atoms with van der Waals surface area (Å²) in [7, 11) is 0. The van der Waals surface area contributed by atoms with Gasteiger partial charge in [0.1, 0.15) is 12.4 Å². The van der Waals surface area contributed by atoms with Gasteiger partial charge < -0.3 is 5.32 Å². The normalized spacial score (nSPS) is 21.3. The molecule has 2 aromatic rings. The number of rotatable bonds is 3. The minimum atomic E-state index is -0.152. The van der Waals surface area contributed by atoms with Crippen molar-refractivity contribution in [1.82, 2.24) is 14.9 Å². The van der Waals surface area contributed by atoms with Gasteiger partial charge in [-0.1, -0.05) is 19.1 Å². The Kier molecular flexibility index (Phi) is 4.46. The number of aromatic nitrogens is 2. The van der Waals surface area contributed by atoms with Crippen molar-refractivity contribution in [3.63, 3.8) is 0 Å². The minimum absolute atomic E-state index is 0.0363. The fourth-order valence-corrected chi connectivity index (χ4v) is 3.29.